The summed E-state index contributed by atoms with van der Waals surface area (Å²) >= 11 is 6.29. The second kappa shape index (κ2) is 4.78. The van der Waals surface area contributed by atoms with Crippen molar-refractivity contribution in [3.8, 4) is 0 Å². The van der Waals surface area contributed by atoms with Gasteiger partial charge >= 0.3 is 0 Å². The summed E-state index contributed by atoms with van der Waals surface area (Å²) in [6, 6.07) is 3.33. The topological polar surface area (TPSA) is 54.5 Å². The summed E-state index contributed by atoms with van der Waals surface area (Å²) in [6.07, 6.45) is 4.30. The fraction of sp³-hybridized carbons (Fsp3) is 0.353. The summed E-state index contributed by atoms with van der Waals surface area (Å²) in [6.45, 7) is 0. The van der Waals surface area contributed by atoms with Gasteiger partial charge in [0.1, 0.15) is 0 Å². The highest BCUT2D eigenvalue weighted by molar-refractivity contribution is 6.39. The van der Waals surface area contributed by atoms with Gasteiger partial charge in [0.05, 0.1) is 10.7 Å². The zero-order valence-corrected chi connectivity index (χ0v) is 12.7. The Kier molecular flexibility index (Phi) is 2.98. The molecule has 0 atom stereocenters. The molecule has 0 spiro atoms. The molecule has 22 heavy (non-hydrogen) atoms. The van der Waals surface area contributed by atoms with Crippen molar-refractivity contribution in [3.63, 3.8) is 0 Å². The Labute approximate surface area is 132 Å². The van der Waals surface area contributed by atoms with Crippen molar-refractivity contribution < 1.29 is 14.4 Å². The van der Waals surface area contributed by atoms with Crippen LogP contribution in [0.25, 0.3) is 0 Å². The molecule has 1 heterocycles. The number of benzene rings is 1. The van der Waals surface area contributed by atoms with Crippen molar-refractivity contribution >= 4 is 34.9 Å². The number of Topliss-reactive ketones (excluding diaryl/α,β-unsaturated/α-hetero) is 1. The summed E-state index contributed by atoms with van der Waals surface area (Å²) in [5.74, 6) is -0.497. The van der Waals surface area contributed by atoms with Gasteiger partial charge in [0.15, 0.2) is 5.78 Å². The molecule has 0 saturated carbocycles. The van der Waals surface area contributed by atoms with Crippen LogP contribution in [-0.4, -0.2) is 17.6 Å². The van der Waals surface area contributed by atoms with Crippen molar-refractivity contribution in [2.24, 2.45) is 0 Å². The summed E-state index contributed by atoms with van der Waals surface area (Å²) in [7, 11) is 0. The first-order chi connectivity index (χ1) is 10.6. The fourth-order valence-corrected chi connectivity index (χ4v) is 3.85. The molecule has 1 aromatic carbocycles. The number of ketones is 1. The zero-order valence-electron chi connectivity index (χ0n) is 11.9. The number of hydrogen-bond donors (Lipinski definition) is 0. The van der Waals surface area contributed by atoms with Crippen LogP contribution in [0.15, 0.2) is 23.3 Å². The molecule has 1 aliphatic heterocycles. The monoisotopic (exact) mass is 315 g/mol. The maximum Gasteiger partial charge on any atom is 0.261 e. The van der Waals surface area contributed by atoms with Crippen LogP contribution >= 0.6 is 11.6 Å². The second-order valence-corrected chi connectivity index (χ2v) is 6.40. The van der Waals surface area contributed by atoms with Crippen LogP contribution in [0.3, 0.4) is 0 Å². The van der Waals surface area contributed by atoms with E-state index in [-0.39, 0.29) is 17.6 Å². The number of aryl methyl sites for hydroxylation is 1. The van der Waals surface area contributed by atoms with Crippen molar-refractivity contribution in [2.75, 3.05) is 4.90 Å². The minimum absolute atomic E-state index is 0.0461. The average Bonchev–Trinajstić information content (AvgIpc) is 2.99. The number of nitrogens with zero attached hydrogens (tertiary/aromatic N) is 1. The van der Waals surface area contributed by atoms with Crippen molar-refractivity contribution in [1.82, 2.24) is 0 Å². The van der Waals surface area contributed by atoms with Gasteiger partial charge in [-0.25, -0.2) is 4.90 Å². The molecular formula is C17H14ClNO3. The number of amides is 2. The lowest BCUT2D eigenvalue weighted by Gasteiger charge is -2.18. The van der Waals surface area contributed by atoms with Gasteiger partial charge in [-0.2, -0.15) is 0 Å². The Morgan fingerprint density at radius 3 is 2.14 bits per heavy atom. The number of rotatable bonds is 1. The Hall–Kier alpha value is -1.94. The van der Waals surface area contributed by atoms with E-state index in [0.717, 1.165) is 23.3 Å². The maximum atomic E-state index is 12.6. The Morgan fingerprint density at radius 1 is 0.864 bits per heavy atom. The third kappa shape index (κ3) is 1.80. The predicted molar refractivity (Wildman–Crippen MR) is 82.1 cm³/mol. The third-order valence-corrected chi connectivity index (χ3v) is 5.03. The van der Waals surface area contributed by atoms with E-state index in [4.69, 9.17) is 11.6 Å². The number of anilines is 1. The molecule has 0 aromatic heterocycles. The predicted octanol–water partition coefficient (Wildman–Crippen LogP) is 3.21. The first-order valence-corrected chi connectivity index (χ1v) is 7.92. The summed E-state index contributed by atoms with van der Waals surface area (Å²) in [4.78, 5) is 38.2. The van der Waals surface area contributed by atoms with E-state index in [2.05, 4.69) is 0 Å². The number of halogens is 1. The van der Waals surface area contributed by atoms with Gasteiger partial charge < -0.3 is 0 Å². The third-order valence-electron chi connectivity index (χ3n) is 4.73. The van der Waals surface area contributed by atoms with Crippen LogP contribution in [0, 0.1) is 0 Å². The molecule has 2 aliphatic carbocycles. The minimum atomic E-state index is -0.271. The van der Waals surface area contributed by atoms with Crippen LogP contribution in [0.5, 0.6) is 0 Å². The van der Waals surface area contributed by atoms with E-state index < -0.39 is 0 Å². The molecule has 0 radical (unpaired) electrons. The molecule has 3 aliphatic rings. The van der Waals surface area contributed by atoms with E-state index in [1.54, 1.807) is 12.1 Å². The van der Waals surface area contributed by atoms with Crippen LogP contribution < -0.4 is 4.90 Å². The molecular weight excluding hydrogens is 302 g/mol. The minimum Gasteiger partial charge on any atom is -0.294 e. The van der Waals surface area contributed by atoms with Crippen LogP contribution in [0.1, 0.15) is 48.0 Å². The van der Waals surface area contributed by atoms with Gasteiger partial charge in [-0.3, -0.25) is 14.4 Å². The first kappa shape index (κ1) is 13.7. The summed E-state index contributed by atoms with van der Waals surface area (Å²) in [5.41, 5.74) is 3.08. The molecule has 0 bridgehead atoms. The van der Waals surface area contributed by atoms with Crippen molar-refractivity contribution in [2.45, 2.75) is 38.5 Å². The molecule has 0 N–H and O–H groups in total. The molecule has 0 fully saturated rings. The second-order valence-electron chi connectivity index (χ2n) is 5.99. The number of fused-ring (bicyclic) bond motifs is 1. The van der Waals surface area contributed by atoms with Gasteiger partial charge in [-0.1, -0.05) is 11.6 Å². The average molecular weight is 316 g/mol. The number of carbonyl (C=O) groups excluding carboxylic acids is 3. The van der Waals surface area contributed by atoms with Crippen LogP contribution in [0.2, 0.25) is 5.02 Å². The Morgan fingerprint density at radius 2 is 1.50 bits per heavy atom. The largest absolute Gasteiger partial charge is 0.294 e. The highest BCUT2D eigenvalue weighted by Crippen LogP contribution is 2.40. The number of imide groups is 1. The number of hydrogen-bond acceptors (Lipinski definition) is 3. The lowest BCUT2D eigenvalue weighted by atomic mass is 9.93. The fourth-order valence-electron chi connectivity index (χ4n) is 3.58. The summed E-state index contributed by atoms with van der Waals surface area (Å²) < 4.78 is 0. The van der Waals surface area contributed by atoms with Gasteiger partial charge in [0, 0.05) is 23.1 Å². The Bertz CT molecular complexity index is 750. The van der Waals surface area contributed by atoms with Gasteiger partial charge in [-0.05, 0) is 49.8 Å². The molecule has 112 valence electrons. The van der Waals surface area contributed by atoms with E-state index in [9.17, 15) is 14.4 Å². The quantitative estimate of drug-likeness (QED) is 0.748. The van der Waals surface area contributed by atoms with Gasteiger partial charge in [0.2, 0.25) is 0 Å². The van der Waals surface area contributed by atoms with E-state index in [0.29, 0.717) is 53.1 Å². The standard InChI is InChI=1S/C17H14ClNO3/c18-13-7-9-5-6-15(20)12(9)8-14(13)19-16(21)10-3-1-2-4-11(10)17(19)22/h7-8H,1-6H2. The molecule has 2 amide bonds. The molecule has 0 saturated heterocycles. The zero-order chi connectivity index (χ0) is 15.4. The molecule has 5 heteroatoms. The first-order valence-electron chi connectivity index (χ1n) is 7.54. The Balaban J connectivity index is 1.81. The van der Waals surface area contributed by atoms with E-state index >= 15 is 0 Å². The molecule has 1 aromatic rings. The lowest BCUT2D eigenvalue weighted by molar-refractivity contribution is -0.120. The van der Waals surface area contributed by atoms with Crippen molar-refractivity contribution in [3.05, 3.63) is 39.4 Å². The SMILES string of the molecule is O=C1CCc2cc(Cl)c(N3C(=O)C4=C(CCCC4)C3=O)cc21. The van der Waals surface area contributed by atoms with E-state index in [1.165, 1.54) is 0 Å². The van der Waals surface area contributed by atoms with Crippen molar-refractivity contribution in [1.29, 1.82) is 0 Å². The highest BCUT2D eigenvalue weighted by atomic mass is 35.5. The van der Waals surface area contributed by atoms with Crippen LogP contribution in [-0.2, 0) is 16.0 Å². The molecule has 4 rings (SSSR count). The molecule has 0 unspecified atom stereocenters. The normalized spacial score (nSPS) is 20.8. The lowest BCUT2D eigenvalue weighted by Crippen LogP contribution is -2.32. The van der Waals surface area contributed by atoms with E-state index in [1.807, 2.05) is 0 Å². The van der Waals surface area contributed by atoms with Crippen LogP contribution in [0.4, 0.5) is 5.69 Å². The molecule has 4 nitrogen and oxygen atoms in total. The maximum absolute atomic E-state index is 12.6. The number of carbonyl (C=O) groups is 3. The summed E-state index contributed by atoms with van der Waals surface area (Å²) in [5, 5.41) is 0.356. The van der Waals surface area contributed by atoms with Gasteiger partial charge in [-0.15, -0.1) is 0 Å². The smallest absolute Gasteiger partial charge is 0.261 e. The highest BCUT2D eigenvalue weighted by Gasteiger charge is 2.41. The van der Waals surface area contributed by atoms with Gasteiger partial charge in [0.25, 0.3) is 11.8 Å².